The maximum absolute atomic E-state index is 3.99. The Morgan fingerprint density at radius 3 is 1.92 bits per heavy atom. The molecule has 0 bridgehead atoms. The van der Waals surface area contributed by atoms with Crippen LogP contribution in [-0.2, 0) is 0 Å². The molecule has 0 saturated heterocycles. The van der Waals surface area contributed by atoms with E-state index in [0.29, 0.717) is 6.04 Å². The number of hydrogen-bond donors (Lipinski definition) is 1. The van der Waals surface area contributed by atoms with Crippen LogP contribution in [0.15, 0.2) is 0 Å². The lowest BCUT2D eigenvalue weighted by Crippen LogP contribution is -2.58. The van der Waals surface area contributed by atoms with Gasteiger partial charge in [0.15, 0.2) is 0 Å². The average Bonchev–Trinajstić information content (AvgIpc) is 2.02. The summed E-state index contributed by atoms with van der Waals surface area (Å²) in [6.45, 7) is 4.47. The van der Waals surface area contributed by atoms with Crippen molar-refractivity contribution in [2.75, 3.05) is 0 Å². The van der Waals surface area contributed by atoms with Gasteiger partial charge in [0.05, 0.1) is 6.04 Å². The fraction of sp³-hybridized carbons (Fsp3) is 1.00. The molecule has 0 rings (SSSR count). The number of rotatable bonds is 8. The molecule has 0 aromatic rings. The summed E-state index contributed by atoms with van der Waals surface area (Å²) in [7, 11) is 0. The smallest absolute Gasteiger partial charge is 0.0815 e. The van der Waals surface area contributed by atoms with E-state index >= 15 is 0 Å². The van der Waals surface area contributed by atoms with Crippen LogP contribution in [0.1, 0.15) is 65.2 Å². The molecule has 0 radical (unpaired) electrons. The van der Waals surface area contributed by atoms with Crippen molar-refractivity contribution < 1.29 is 5.73 Å². The monoisotopic (exact) mass is 172 g/mol. The van der Waals surface area contributed by atoms with Gasteiger partial charge < -0.3 is 5.73 Å². The van der Waals surface area contributed by atoms with E-state index < -0.39 is 0 Å². The summed E-state index contributed by atoms with van der Waals surface area (Å²) < 4.78 is 0. The van der Waals surface area contributed by atoms with E-state index in [1.165, 1.54) is 51.4 Å². The van der Waals surface area contributed by atoms with Gasteiger partial charge in [-0.2, -0.15) is 0 Å². The standard InChI is InChI=1S/C11H25N/c1-3-4-5-6-7-8-9-10-11(2)12/h11H,3-10,12H2,1-2H3/p+1. The maximum atomic E-state index is 3.99. The number of quaternary nitrogens is 1. The molecule has 1 heteroatoms. The van der Waals surface area contributed by atoms with Gasteiger partial charge in [-0.25, -0.2) is 0 Å². The van der Waals surface area contributed by atoms with Crippen LogP contribution < -0.4 is 5.73 Å². The Bertz CT molecular complexity index is 79.1. The summed E-state index contributed by atoms with van der Waals surface area (Å²) in [6, 6.07) is 0.653. The first-order valence-corrected chi connectivity index (χ1v) is 5.60. The van der Waals surface area contributed by atoms with Crippen molar-refractivity contribution in [1.82, 2.24) is 0 Å². The average molecular weight is 172 g/mol. The quantitative estimate of drug-likeness (QED) is 0.545. The molecule has 0 aliphatic rings. The fourth-order valence-corrected chi connectivity index (χ4v) is 1.45. The van der Waals surface area contributed by atoms with Crippen molar-refractivity contribution in [3.05, 3.63) is 0 Å². The molecule has 0 aliphatic carbocycles. The topological polar surface area (TPSA) is 27.6 Å². The summed E-state index contributed by atoms with van der Waals surface area (Å²) in [5.41, 5.74) is 3.99. The zero-order valence-electron chi connectivity index (χ0n) is 8.94. The Morgan fingerprint density at radius 2 is 1.42 bits per heavy atom. The minimum atomic E-state index is 0.653. The Kier molecular flexibility index (Phi) is 9.02. The maximum Gasteiger partial charge on any atom is 0.0815 e. The highest BCUT2D eigenvalue weighted by Gasteiger charge is 1.96. The van der Waals surface area contributed by atoms with E-state index in [1.807, 2.05) is 0 Å². The van der Waals surface area contributed by atoms with Crippen LogP contribution in [0, 0.1) is 0 Å². The lowest BCUT2D eigenvalue weighted by atomic mass is 10.1. The molecule has 1 atom stereocenters. The predicted molar refractivity (Wildman–Crippen MR) is 55.0 cm³/mol. The molecular weight excluding hydrogens is 146 g/mol. The van der Waals surface area contributed by atoms with Crippen LogP contribution in [-0.4, -0.2) is 6.04 Å². The molecule has 1 unspecified atom stereocenters. The lowest BCUT2D eigenvalue weighted by molar-refractivity contribution is -0.415. The summed E-state index contributed by atoms with van der Waals surface area (Å²) in [6.07, 6.45) is 11.2. The van der Waals surface area contributed by atoms with E-state index in [-0.39, 0.29) is 0 Å². The van der Waals surface area contributed by atoms with Gasteiger partial charge in [-0.1, -0.05) is 45.4 Å². The van der Waals surface area contributed by atoms with E-state index in [4.69, 9.17) is 0 Å². The van der Waals surface area contributed by atoms with Crippen molar-refractivity contribution in [3.8, 4) is 0 Å². The molecule has 0 fully saturated rings. The van der Waals surface area contributed by atoms with Gasteiger partial charge in [-0.05, 0) is 19.8 Å². The third-order valence-corrected chi connectivity index (χ3v) is 2.30. The minimum absolute atomic E-state index is 0.653. The van der Waals surface area contributed by atoms with Crippen LogP contribution >= 0.6 is 0 Å². The highest BCUT2D eigenvalue weighted by Crippen LogP contribution is 2.08. The van der Waals surface area contributed by atoms with Gasteiger partial charge in [0.25, 0.3) is 0 Å². The molecule has 0 aromatic carbocycles. The van der Waals surface area contributed by atoms with Crippen molar-refractivity contribution in [2.24, 2.45) is 0 Å². The Balaban J connectivity index is 2.82. The number of hydrogen-bond acceptors (Lipinski definition) is 0. The van der Waals surface area contributed by atoms with Gasteiger partial charge in [-0.15, -0.1) is 0 Å². The van der Waals surface area contributed by atoms with Crippen molar-refractivity contribution in [2.45, 2.75) is 71.3 Å². The summed E-state index contributed by atoms with van der Waals surface area (Å²) in [5.74, 6) is 0. The second kappa shape index (κ2) is 9.05. The minimum Gasteiger partial charge on any atom is -0.355 e. The van der Waals surface area contributed by atoms with Crippen LogP contribution in [0.3, 0.4) is 0 Å². The van der Waals surface area contributed by atoms with Crippen molar-refractivity contribution in [3.63, 3.8) is 0 Å². The largest absolute Gasteiger partial charge is 0.355 e. The molecule has 0 amide bonds. The summed E-state index contributed by atoms with van der Waals surface area (Å²) in [5, 5.41) is 0. The highest BCUT2D eigenvalue weighted by atomic mass is 14.6. The van der Waals surface area contributed by atoms with Gasteiger partial charge in [-0.3, -0.25) is 0 Å². The summed E-state index contributed by atoms with van der Waals surface area (Å²) in [4.78, 5) is 0. The first kappa shape index (κ1) is 12.0. The van der Waals surface area contributed by atoms with Crippen LogP contribution in [0.25, 0.3) is 0 Å². The first-order chi connectivity index (χ1) is 5.77. The molecular formula is C11H26N+. The normalized spacial score (nSPS) is 13.2. The summed E-state index contributed by atoms with van der Waals surface area (Å²) >= 11 is 0. The molecule has 3 N–H and O–H groups in total. The Labute approximate surface area is 77.7 Å². The third kappa shape index (κ3) is 9.96. The van der Waals surface area contributed by atoms with Gasteiger partial charge >= 0.3 is 0 Å². The van der Waals surface area contributed by atoms with Gasteiger partial charge in [0.2, 0.25) is 0 Å². The fourth-order valence-electron chi connectivity index (χ4n) is 1.45. The van der Waals surface area contributed by atoms with Crippen molar-refractivity contribution >= 4 is 0 Å². The van der Waals surface area contributed by atoms with Crippen LogP contribution in [0.2, 0.25) is 0 Å². The van der Waals surface area contributed by atoms with Crippen LogP contribution in [0.4, 0.5) is 0 Å². The molecule has 12 heavy (non-hydrogen) atoms. The van der Waals surface area contributed by atoms with E-state index in [0.717, 1.165) is 0 Å². The van der Waals surface area contributed by atoms with E-state index in [1.54, 1.807) is 0 Å². The zero-order valence-corrected chi connectivity index (χ0v) is 8.94. The highest BCUT2D eigenvalue weighted by molar-refractivity contribution is 4.48. The van der Waals surface area contributed by atoms with Crippen LogP contribution in [0.5, 0.6) is 0 Å². The number of unbranched alkanes of at least 4 members (excludes halogenated alkanes) is 6. The van der Waals surface area contributed by atoms with E-state index in [2.05, 4.69) is 19.6 Å². The predicted octanol–water partition coefficient (Wildman–Crippen LogP) is 2.76. The molecule has 0 aliphatic heterocycles. The molecule has 0 aromatic heterocycles. The third-order valence-electron chi connectivity index (χ3n) is 2.30. The Hall–Kier alpha value is -0.0400. The van der Waals surface area contributed by atoms with Crippen molar-refractivity contribution in [1.29, 1.82) is 0 Å². The lowest BCUT2D eigenvalue weighted by Gasteiger charge is -2.01. The molecule has 0 spiro atoms. The SMILES string of the molecule is CCCCCCCCCC(C)[NH3+]. The zero-order chi connectivity index (χ0) is 9.23. The second-order valence-corrected chi connectivity index (χ2v) is 4.02. The second-order valence-electron chi connectivity index (χ2n) is 4.02. The molecule has 1 nitrogen and oxygen atoms in total. The Morgan fingerprint density at radius 1 is 0.917 bits per heavy atom. The molecule has 0 saturated carbocycles. The molecule has 74 valence electrons. The van der Waals surface area contributed by atoms with Gasteiger partial charge in [0, 0.05) is 0 Å². The first-order valence-electron chi connectivity index (χ1n) is 5.60. The van der Waals surface area contributed by atoms with E-state index in [9.17, 15) is 0 Å². The van der Waals surface area contributed by atoms with Gasteiger partial charge in [0.1, 0.15) is 0 Å². The molecule has 0 heterocycles.